The molecule has 0 spiro atoms. The molecule has 0 saturated heterocycles. The van der Waals surface area contributed by atoms with Gasteiger partial charge in [-0.3, -0.25) is 20.4 Å². The first-order valence-corrected chi connectivity index (χ1v) is 8.55. The fourth-order valence-electron chi connectivity index (χ4n) is 2.25. The Kier molecular flexibility index (Phi) is 5.93. The van der Waals surface area contributed by atoms with Crippen LogP contribution in [0.1, 0.15) is 44.6 Å². The maximum absolute atomic E-state index is 12.0. The van der Waals surface area contributed by atoms with Crippen molar-refractivity contribution < 1.29 is 9.59 Å². The summed E-state index contributed by atoms with van der Waals surface area (Å²) in [7, 11) is 0. The number of thiophene rings is 1. The number of hydrazine groups is 1. The van der Waals surface area contributed by atoms with Crippen molar-refractivity contribution in [1.82, 2.24) is 10.9 Å². The van der Waals surface area contributed by atoms with Crippen molar-refractivity contribution in [2.24, 2.45) is 0 Å². The van der Waals surface area contributed by atoms with Crippen LogP contribution in [-0.2, 0) is 17.6 Å². The van der Waals surface area contributed by atoms with Gasteiger partial charge in [-0.05, 0) is 43.9 Å². The largest absolute Gasteiger partial charge is 0.279 e. The third-order valence-corrected chi connectivity index (χ3v) is 5.02. The number of aryl methyl sites for hydroxylation is 4. The van der Waals surface area contributed by atoms with Gasteiger partial charge in [0.05, 0.1) is 4.88 Å². The van der Waals surface area contributed by atoms with E-state index in [2.05, 4.69) is 17.8 Å². The molecule has 2 rings (SSSR count). The van der Waals surface area contributed by atoms with Crippen LogP contribution in [0.4, 0.5) is 0 Å². The number of carbonyl (C=O) groups excluding carboxylic acids is 2. The molecule has 0 atom stereocenters. The molecule has 0 unspecified atom stereocenters. The second-order valence-electron chi connectivity index (χ2n) is 5.56. The molecular weight excluding hydrogens is 308 g/mol. The Bertz CT molecular complexity index is 690. The van der Waals surface area contributed by atoms with Gasteiger partial charge < -0.3 is 0 Å². The minimum absolute atomic E-state index is 0.192. The van der Waals surface area contributed by atoms with Gasteiger partial charge in [-0.15, -0.1) is 11.3 Å². The normalized spacial score (nSPS) is 10.4. The summed E-state index contributed by atoms with van der Waals surface area (Å²) in [5, 5.41) is 0. The number of hydrogen-bond donors (Lipinski definition) is 2. The number of hydrogen-bond acceptors (Lipinski definition) is 3. The van der Waals surface area contributed by atoms with Gasteiger partial charge in [-0.2, -0.15) is 0 Å². The van der Waals surface area contributed by atoms with Gasteiger partial charge in [0.1, 0.15) is 0 Å². The van der Waals surface area contributed by atoms with Crippen LogP contribution in [0.15, 0.2) is 30.3 Å². The molecule has 4 nitrogen and oxygen atoms in total. The van der Waals surface area contributed by atoms with Crippen molar-refractivity contribution >= 4 is 23.2 Å². The van der Waals surface area contributed by atoms with Gasteiger partial charge in [-0.1, -0.05) is 36.8 Å². The summed E-state index contributed by atoms with van der Waals surface area (Å²) in [5.41, 5.74) is 8.38. The van der Waals surface area contributed by atoms with Crippen molar-refractivity contribution in [3.63, 3.8) is 0 Å². The zero-order chi connectivity index (χ0) is 16.8. The molecular formula is C18H22N2O2S. The molecule has 2 N–H and O–H groups in total. The summed E-state index contributed by atoms with van der Waals surface area (Å²) >= 11 is 1.47. The molecule has 122 valence electrons. The predicted octanol–water partition coefficient (Wildman–Crippen LogP) is 3.32. The summed E-state index contributed by atoms with van der Waals surface area (Å²) in [6, 6.07) is 9.94. The number of carbonyl (C=O) groups is 2. The molecule has 0 aliphatic rings. The Hall–Kier alpha value is -2.14. The smallest absolute Gasteiger partial charge is 0.273 e. The lowest BCUT2D eigenvalue weighted by Gasteiger charge is -2.06. The predicted molar refractivity (Wildman–Crippen MR) is 93.5 cm³/mol. The number of rotatable bonds is 5. The van der Waals surface area contributed by atoms with Crippen LogP contribution >= 0.6 is 11.3 Å². The van der Waals surface area contributed by atoms with E-state index in [9.17, 15) is 9.59 Å². The molecule has 1 aromatic heterocycles. The highest BCUT2D eigenvalue weighted by Gasteiger charge is 2.12. The van der Waals surface area contributed by atoms with E-state index in [1.807, 2.05) is 44.2 Å². The highest BCUT2D eigenvalue weighted by Crippen LogP contribution is 2.21. The molecule has 0 saturated carbocycles. The van der Waals surface area contributed by atoms with Crippen molar-refractivity contribution in [3.05, 3.63) is 56.8 Å². The van der Waals surface area contributed by atoms with Crippen LogP contribution in [0, 0.1) is 13.8 Å². The first kappa shape index (κ1) is 17.2. The minimum atomic E-state index is -0.263. The minimum Gasteiger partial charge on any atom is -0.273 e. The van der Waals surface area contributed by atoms with Crippen molar-refractivity contribution in [2.75, 3.05) is 0 Å². The molecule has 1 aromatic carbocycles. The van der Waals surface area contributed by atoms with Gasteiger partial charge in [0.2, 0.25) is 5.91 Å². The average molecular weight is 330 g/mol. The highest BCUT2D eigenvalue weighted by atomic mass is 32.1. The van der Waals surface area contributed by atoms with Gasteiger partial charge in [-0.25, -0.2) is 0 Å². The van der Waals surface area contributed by atoms with Crippen LogP contribution in [0.2, 0.25) is 0 Å². The van der Waals surface area contributed by atoms with E-state index in [1.54, 1.807) is 0 Å². The fourth-order valence-corrected chi connectivity index (χ4v) is 3.26. The maximum Gasteiger partial charge on any atom is 0.279 e. The van der Waals surface area contributed by atoms with Gasteiger partial charge in [0.25, 0.3) is 5.91 Å². The Morgan fingerprint density at radius 3 is 2.39 bits per heavy atom. The van der Waals surface area contributed by atoms with Crippen LogP contribution in [0.3, 0.4) is 0 Å². The Labute approximate surface area is 140 Å². The molecule has 2 amide bonds. The van der Waals surface area contributed by atoms with Crippen LogP contribution in [-0.4, -0.2) is 11.8 Å². The fraction of sp³-hybridized carbons (Fsp3) is 0.333. The van der Waals surface area contributed by atoms with Crippen LogP contribution in [0.25, 0.3) is 0 Å². The Balaban J connectivity index is 1.79. The maximum atomic E-state index is 12.0. The van der Waals surface area contributed by atoms with Crippen molar-refractivity contribution in [1.29, 1.82) is 0 Å². The van der Waals surface area contributed by atoms with Gasteiger partial charge in [0.15, 0.2) is 0 Å². The summed E-state index contributed by atoms with van der Waals surface area (Å²) in [6.07, 6.45) is 1.90. The van der Waals surface area contributed by atoms with Gasteiger partial charge >= 0.3 is 0 Å². The SMILES string of the molecule is CCc1sc(C(=O)NNC(=O)CCc2ccc(C)cc2)cc1C. The Morgan fingerprint density at radius 2 is 1.78 bits per heavy atom. The molecule has 0 aliphatic carbocycles. The third-order valence-electron chi connectivity index (χ3n) is 3.64. The second kappa shape index (κ2) is 7.92. The van der Waals surface area contributed by atoms with E-state index in [1.165, 1.54) is 21.8 Å². The first-order chi connectivity index (χ1) is 11.0. The Morgan fingerprint density at radius 1 is 1.09 bits per heavy atom. The summed E-state index contributed by atoms with van der Waals surface area (Å²) in [6.45, 7) is 6.09. The zero-order valence-corrected chi connectivity index (χ0v) is 14.5. The van der Waals surface area contributed by atoms with Crippen molar-refractivity contribution in [2.45, 2.75) is 40.0 Å². The molecule has 23 heavy (non-hydrogen) atoms. The highest BCUT2D eigenvalue weighted by molar-refractivity contribution is 7.14. The molecule has 5 heteroatoms. The number of amides is 2. The quantitative estimate of drug-likeness (QED) is 0.826. The lowest BCUT2D eigenvalue weighted by atomic mass is 10.1. The number of nitrogens with one attached hydrogen (secondary N) is 2. The zero-order valence-electron chi connectivity index (χ0n) is 13.7. The monoisotopic (exact) mass is 330 g/mol. The topological polar surface area (TPSA) is 58.2 Å². The summed E-state index contributed by atoms with van der Waals surface area (Å²) in [5.74, 6) is -0.454. The van der Waals surface area contributed by atoms with E-state index in [4.69, 9.17) is 0 Å². The third kappa shape index (κ3) is 4.93. The van der Waals surface area contributed by atoms with E-state index >= 15 is 0 Å². The average Bonchev–Trinajstić information content (AvgIpc) is 2.93. The lowest BCUT2D eigenvalue weighted by Crippen LogP contribution is -2.41. The van der Waals surface area contributed by atoms with E-state index in [0.29, 0.717) is 17.7 Å². The van der Waals surface area contributed by atoms with E-state index in [0.717, 1.165) is 17.5 Å². The van der Waals surface area contributed by atoms with Crippen molar-refractivity contribution in [3.8, 4) is 0 Å². The number of benzene rings is 1. The molecule has 0 bridgehead atoms. The lowest BCUT2D eigenvalue weighted by molar-refractivity contribution is -0.121. The van der Waals surface area contributed by atoms with Gasteiger partial charge in [0, 0.05) is 11.3 Å². The second-order valence-corrected chi connectivity index (χ2v) is 6.70. The summed E-state index contributed by atoms with van der Waals surface area (Å²) in [4.78, 5) is 25.7. The molecule has 1 heterocycles. The van der Waals surface area contributed by atoms with E-state index < -0.39 is 0 Å². The molecule has 2 aromatic rings. The van der Waals surface area contributed by atoms with Crippen LogP contribution in [0.5, 0.6) is 0 Å². The standard InChI is InChI=1S/C18H22N2O2S/c1-4-15-13(3)11-16(23-15)18(22)20-19-17(21)10-9-14-7-5-12(2)6-8-14/h5-8,11H,4,9-10H2,1-3H3,(H,19,21)(H,20,22). The summed E-state index contributed by atoms with van der Waals surface area (Å²) < 4.78 is 0. The first-order valence-electron chi connectivity index (χ1n) is 7.73. The molecule has 0 fully saturated rings. The van der Waals surface area contributed by atoms with Crippen LogP contribution < -0.4 is 10.9 Å². The van der Waals surface area contributed by atoms with E-state index in [-0.39, 0.29) is 11.8 Å². The molecule has 0 radical (unpaired) electrons. The molecule has 0 aliphatic heterocycles.